The van der Waals surface area contributed by atoms with Crippen LogP contribution in [-0.4, -0.2) is 4.98 Å². The average Bonchev–Trinajstić information content (AvgIpc) is 1.96. The summed E-state index contributed by atoms with van der Waals surface area (Å²) in [7, 11) is 0. The Morgan fingerprint density at radius 3 is 2.44 bits per heavy atom. The van der Waals surface area contributed by atoms with Gasteiger partial charge in [-0.15, -0.1) is 0 Å². The first-order valence-corrected chi connectivity index (χ1v) is 5.96. The second-order valence-electron chi connectivity index (χ2n) is 6.12. The zero-order chi connectivity index (χ0) is 12.3. The van der Waals surface area contributed by atoms with E-state index in [4.69, 9.17) is 0 Å². The van der Waals surface area contributed by atoms with Gasteiger partial charge in [-0.25, -0.2) is 0 Å². The highest BCUT2D eigenvalue weighted by molar-refractivity contribution is 5.14. The zero-order valence-electron chi connectivity index (χ0n) is 11.1. The highest BCUT2D eigenvalue weighted by Gasteiger charge is 2.15. The van der Waals surface area contributed by atoms with Crippen molar-refractivity contribution in [2.75, 3.05) is 0 Å². The fourth-order valence-corrected chi connectivity index (χ4v) is 2.36. The Bertz CT molecular complexity index is 398. The van der Waals surface area contributed by atoms with Gasteiger partial charge in [0.1, 0.15) is 0 Å². The number of hydrogen-bond donors (Lipinski definition) is 1. The van der Waals surface area contributed by atoms with Gasteiger partial charge < -0.3 is 4.98 Å². The molecule has 1 aromatic heterocycles. The average molecular weight is 221 g/mol. The lowest BCUT2D eigenvalue weighted by molar-refractivity contribution is 0.305. The molecule has 0 unspecified atom stereocenters. The molecule has 1 N–H and O–H groups in total. The van der Waals surface area contributed by atoms with E-state index in [-0.39, 0.29) is 5.56 Å². The molecular weight excluding hydrogens is 198 g/mol. The maximum absolute atomic E-state index is 11.3. The van der Waals surface area contributed by atoms with Gasteiger partial charge >= 0.3 is 0 Å². The van der Waals surface area contributed by atoms with Crippen LogP contribution in [0.15, 0.2) is 16.9 Å². The van der Waals surface area contributed by atoms with Crippen molar-refractivity contribution in [2.24, 2.45) is 11.3 Å². The van der Waals surface area contributed by atoms with Gasteiger partial charge in [0.25, 0.3) is 0 Å². The lowest BCUT2D eigenvalue weighted by Crippen LogP contribution is -2.15. The van der Waals surface area contributed by atoms with Gasteiger partial charge in [0.05, 0.1) is 0 Å². The van der Waals surface area contributed by atoms with Gasteiger partial charge in [-0.05, 0) is 42.7 Å². The van der Waals surface area contributed by atoms with E-state index >= 15 is 0 Å². The molecule has 1 atom stereocenters. The standard InChI is InChI=1S/C14H23NO/c1-10-6-12(15-13(16)8-10)7-11(2)9-14(3,4)5/h6,8,11H,7,9H2,1-5H3,(H,15,16)/t11-/m0/s1. The summed E-state index contributed by atoms with van der Waals surface area (Å²) in [6, 6.07) is 3.71. The summed E-state index contributed by atoms with van der Waals surface area (Å²) in [6.45, 7) is 11.0. The van der Waals surface area contributed by atoms with Gasteiger partial charge in [-0.3, -0.25) is 4.79 Å². The van der Waals surface area contributed by atoms with Crippen LogP contribution in [-0.2, 0) is 6.42 Å². The number of hydrogen-bond acceptors (Lipinski definition) is 1. The Kier molecular flexibility index (Phi) is 3.95. The van der Waals surface area contributed by atoms with Crippen LogP contribution >= 0.6 is 0 Å². The van der Waals surface area contributed by atoms with E-state index in [9.17, 15) is 4.79 Å². The Labute approximate surface area is 98.1 Å². The first-order valence-electron chi connectivity index (χ1n) is 5.96. The molecule has 0 saturated carbocycles. The molecule has 0 aliphatic heterocycles. The SMILES string of the molecule is Cc1cc(C[C@H](C)CC(C)(C)C)[nH]c(=O)c1. The summed E-state index contributed by atoms with van der Waals surface area (Å²) in [4.78, 5) is 14.2. The third kappa shape index (κ3) is 4.65. The zero-order valence-corrected chi connectivity index (χ0v) is 11.1. The summed E-state index contributed by atoms with van der Waals surface area (Å²) in [6.07, 6.45) is 2.12. The molecule has 0 amide bonds. The Morgan fingerprint density at radius 2 is 1.94 bits per heavy atom. The molecule has 0 aliphatic carbocycles. The van der Waals surface area contributed by atoms with Crippen LogP contribution in [0.25, 0.3) is 0 Å². The first-order chi connectivity index (χ1) is 7.26. The minimum atomic E-state index is 0.0120. The second kappa shape index (κ2) is 4.86. The highest BCUT2D eigenvalue weighted by Crippen LogP contribution is 2.25. The summed E-state index contributed by atoms with van der Waals surface area (Å²) in [5.41, 5.74) is 2.46. The smallest absolute Gasteiger partial charge is 0.248 e. The summed E-state index contributed by atoms with van der Waals surface area (Å²) in [5.74, 6) is 0.595. The summed E-state index contributed by atoms with van der Waals surface area (Å²) in [5, 5.41) is 0. The second-order valence-corrected chi connectivity index (χ2v) is 6.12. The summed E-state index contributed by atoms with van der Waals surface area (Å²) >= 11 is 0. The van der Waals surface area contributed by atoms with Crippen molar-refractivity contribution in [2.45, 2.75) is 47.5 Å². The number of pyridine rings is 1. The predicted octanol–water partition coefficient (Wildman–Crippen LogP) is 3.30. The lowest BCUT2D eigenvalue weighted by Gasteiger charge is -2.23. The molecular formula is C14H23NO. The van der Waals surface area contributed by atoms with E-state index in [1.165, 1.54) is 6.42 Å². The van der Waals surface area contributed by atoms with Crippen molar-refractivity contribution in [1.82, 2.24) is 4.98 Å². The van der Waals surface area contributed by atoms with Crippen molar-refractivity contribution in [3.8, 4) is 0 Å². The molecule has 0 radical (unpaired) electrons. The number of aromatic amines is 1. The molecule has 0 aliphatic rings. The number of H-pyrrole nitrogens is 1. The van der Waals surface area contributed by atoms with E-state index in [1.807, 2.05) is 6.92 Å². The maximum Gasteiger partial charge on any atom is 0.248 e. The molecule has 16 heavy (non-hydrogen) atoms. The van der Waals surface area contributed by atoms with Gasteiger partial charge in [-0.2, -0.15) is 0 Å². The molecule has 0 fully saturated rings. The van der Waals surface area contributed by atoms with E-state index in [2.05, 4.69) is 38.7 Å². The minimum absolute atomic E-state index is 0.0120. The van der Waals surface area contributed by atoms with Gasteiger partial charge in [0, 0.05) is 11.8 Å². The Balaban J connectivity index is 2.70. The van der Waals surface area contributed by atoms with Crippen molar-refractivity contribution in [3.63, 3.8) is 0 Å². The Hall–Kier alpha value is -1.05. The first kappa shape index (κ1) is 13.0. The van der Waals surface area contributed by atoms with Crippen LogP contribution in [0.1, 0.15) is 45.4 Å². The van der Waals surface area contributed by atoms with Crippen molar-refractivity contribution in [3.05, 3.63) is 33.7 Å². The van der Waals surface area contributed by atoms with Gasteiger partial charge in [0.2, 0.25) is 5.56 Å². The van der Waals surface area contributed by atoms with E-state index in [0.717, 1.165) is 17.7 Å². The molecule has 1 aromatic rings. The number of aromatic nitrogens is 1. The molecule has 1 rings (SSSR count). The van der Waals surface area contributed by atoms with Crippen LogP contribution in [0.2, 0.25) is 0 Å². The topological polar surface area (TPSA) is 32.9 Å². The fraction of sp³-hybridized carbons (Fsp3) is 0.643. The van der Waals surface area contributed by atoms with Crippen molar-refractivity contribution < 1.29 is 0 Å². The third-order valence-electron chi connectivity index (χ3n) is 2.57. The van der Waals surface area contributed by atoms with Crippen LogP contribution in [0.3, 0.4) is 0 Å². The van der Waals surface area contributed by atoms with Gasteiger partial charge in [-0.1, -0.05) is 27.7 Å². The third-order valence-corrected chi connectivity index (χ3v) is 2.57. The molecule has 0 saturated heterocycles. The van der Waals surface area contributed by atoms with Crippen LogP contribution in [0, 0.1) is 18.3 Å². The van der Waals surface area contributed by atoms with E-state index < -0.39 is 0 Å². The quantitative estimate of drug-likeness (QED) is 0.834. The van der Waals surface area contributed by atoms with Crippen molar-refractivity contribution in [1.29, 1.82) is 0 Å². The number of rotatable bonds is 3. The van der Waals surface area contributed by atoms with Crippen LogP contribution < -0.4 is 5.56 Å². The van der Waals surface area contributed by atoms with Gasteiger partial charge in [0.15, 0.2) is 0 Å². The normalized spacial score (nSPS) is 13.8. The highest BCUT2D eigenvalue weighted by atomic mass is 16.1. The predicted molar refractivity (Wildman–Crippen MR) is 68.7 cm³/mol. The molecule has 0 spiro atoms. The molecule has 90 valence electrons. The molecule has 1 heterocycles. The maximum atomic E-state index is 11.3. The minimum Gasteiger partial charge on any atom is -0.326 e. The summed E-state index contributed by atoms with van der Waals surface area (Å²) < 4.78 is 0. The molecule has 0 bridgehead atoms. The van der Waals surface area contributed by atoms with Crippen LogP contribution in [0.5, 0.6) is 0 Å². The van der Waals surface area contributed by atoms with Crippen molar-refractivity contribution >= 4 is 0 Å². The number of aryl methyl sites for hydroxylation is 1. The van der Waals surface area contributed by atoms with E-state index in [0.29, 0.717) is 11.3 Å². The van der Waals surface area contributed by atoms with E-state index in [1.54, 1.807) is 6.07 Å². The van der Waals surface area contributed by atoms with Crippen LogP contribution in [0.4, 0.5) is 0 Å². The monoisotopic (exact) mass is 221 g/mol. The lowest BCUT2D eigenvalue weighted by atomic mass is 9.83. The molecule has 0 aromatic carbocycles. The molecule has 2 nitrogen and oxygen atoms in total. The largest absolute Gasteiger partial charge is 0.326 e. The Morgan fingerprint density at radius 1 is 1.31 bits per heavy atom. The number of nitrogens with one attached hydrogen (secondary N) is 1. The molecule has 2 heteroatoms. The fourth-order valence-electron chi connectivity index (χ4n) is 2.36.